The SMILES string of the molecule is Cc1ccccc1N(C)C1(CN)CCOC(C)C1. The third-order valence-electron chi connectivity index (χ3n) is 4.21. The van der Waals surface area contributed by atoms with Crippen LogP contribution in [-0.2, 0) is 4.74 Å². The van der Waals surface area contributed by atoms with Crippen molar-refractivity contribution in [1.29, 1.82) is 0 Å². The Morgan fingerprint density at radius 3 is 2.78 bits per heavy atom. The molecule has 0 spiro atoms. The summed E-state index contributed by atoms with van der Waals surface area (Å²) >= 11 is 0. The molecular formula is C15H24N2O. The number of anilines is 1. The lowest BCUT2D eigenvalue weighted by atomic mass is 9.84. The second-order valence-corrected chi connectivity index (χ2v) is 5.41. The van der Waals surface area contributed by atoms with Crippen molar-refractivity contribution in [1.82, 2.24) is 0 Å². The van der Waals surface area contributed by atoms with Gasteiger partial charge in [0.2, 0.25) is 0 Å². The number of aryl methyl sites for hydroxylation is 1. The average molecular weight is 248 g/mol. The minimum absolute atomic E-state index is 0.0315. The predicted octanol–water partition coefficient (Wildman–Crippen LogP) is 2.33. The number of ether oxygens (including phenoxy) is 1. The van der Waals surface area contributed by atoms with Crippen LogP contribution in [0.5, 0.6) is 0 Å². The average Bonchev–Trinajstić information content (AvgIpc) is 2.38. The highest BCUT2D eigenvalue weighted by Crippen LogP contribution is 2.34. The monoisotopic (exact) mass is 248 g/mol. The Labute approximate surface area is 110 Å². The van der Waals surface area contributed by atoms with E-state index < -0.39 is 0 Å². The first-order valence-electron chi connectivity index (χ1n) is 6.70. The Morgan fingerprint density at radius 2 is 2.17 bits per heavy atom. The molecule has 1 aromatic rings. The molecule has 2 unspecified atom stereocenters. The van der Waals surface area contributed by atoms with Crippen LogP contribution < -0.4 is 10.6 Å². The van der Waals surface area contributed by atoms with Gasteiger partial charge < -0.3 is 15.4 Å². The topological polar surface area (TPSA) is 38.5 Å². The quantitative estimate of drug-likeness (QED) is 0.892. The molecule has 1 fully saturated rings. The molecule has 0 radical (unpaired) electrons. The van der Waals surface area contributed by atoms with Crippen LogP contribution in [0.25, 0.3) is 0 Å². The third-order valence-corrected chi connectivity index (χ3v) is 4.21. The number of likely N-dealkylation sites (N-methyl/N-ethyl adjacent to an activating group) is 1. The zero-order chi connectivity index (χ0) is 13.2. The molecule has 0 aromatic heterocycles. The molecule has 3 nitrogen and oxygen atoms in total. The van der Waals surface area contributed by atoms with E-state index in [0.717, 1.165) is 19.4 Å². The number of nitrogens with two attached hydrogens (primary N) is 1. The van der Waals surface area contributed by atoms with Crippen molar-refractivity contribution >= 4 is 5.69 Å². The lowest BCUT2D eigenvalue weighted by Gasteiger charge is -2.47. The van der Waals surface area contributed by atoms with E-state index in [1.807, 2.05) is 0 Å². The van der Waals surface area contributed by atoms with Crippen LogP contribution in [0.1, 0.15) is 25.3 Å². The van der Waals surface area contributed by atoms with Gasteiger partial charge in [-0.2, -0.15) is 0 Å². The van der Waals surface area contributed by atoms with E-state index in [9.17, 15) is 0 Å². The largest absolute Gasteiger partial charge is 0.378 e. The molecule has 2 atom stereocenters. The van der Waals surface area contributed by atoms with Crippen molar-refractivity contribution in [2.45, 2.75) is 38.3 Å². The van der Waals surface area contributed by atoms with Crippen LogP contribution in [-0.4, -0.2) is 31.8 Å². The minimum atomic E-state index is 0.0315. The van der Waals surface area contributed by atoms with Gasteiger partial charge in [0, 0.05) is 25.9 Å². The van der Waals surface area contributed by atoms with Crippen molar-refractivity contribution in [2.24, 2.45) is 5.73 Å². The molecule has 1 aromatic carbocycles. The standard InChI is InChI=1S/C15H24N2O/c1-12-6-4-5-7-14(12)17(3)15(11-16)8-9-18-13(2)10-15/h4-7,13H,8-11,16H2,1-3H3. The Balaban J connectivity index is 2.30. The van der Waals surface area contributed by atoms with Gasteiger partial charge in [0.1, 0.15) is 0 Å². The molecule has 1 aliphatic rings. The van der Waals surface area contributed by atoms with Gasteiger partial charge in [-0.05, 0) is 38.3 Å². The van der Waals surface area contributed by atoms with Gasteiger partial charge in [0.05, 0.1) is 11.6 Å². The summed E-state index contributed by atoms with van der Waals surface area (Å²) in [4.78, 5) is 2.36. The predicted molar refractivity (Wildman–Crippen MR) is 76.0 cm³/mol. The molecule has 18 heavy (non-hydrogen) atoms. The number of benzene rings is 1. The summed E-state index contributed by atoms with van der Waals surface area (Å²) in [5.41, 5.74) is 8.70. The van der Waals surface area contributed by atoms with Gasteiger partial charge in [-0.25, -0.2) is 0 Å². The smallest absolute Gasteiger partial charge is 0.0569 e. The van der Waals surface area contributed by atoms with E-state index in [-0.39, 0.29) is 11.6 Å². The maximum atomic E-state index is 6.09. The first kappa shape index (κ1) is 13.4. The molecule has 1 heterocycles. The molecule has 2 N–H and O–H groups in total. The third kappa shape index (κ3) is 2.38. The summed E-state index contributed by atoms with van der Waals surface area (Å²) in [7, 11) is 2.16. The van der Waals surface area contributed by atoms with Gasteiger partial charge in [-0.1, -0.05) is 18.2 Å². The van der Waals surface area contributed by atoms with Crippen molar-refractivity contribution in [3.8, 4) is 0 Å². The summed E-state index contributed by atoms with van der Waals surface area (Å²) in [6.07, 6.45) is 2.28. The highest BCUT2D eigenvalue weighted by Gasteiger charge is 2.38. The van der Waals surface area contributed by atoms with Gasteiger partial charge in [0.15, 0.2) is 0 Å². The van der Waals surface area contributed by atoms with E-state index in [2.05, 4.69) is 50.1 Å². The van der Waals surface area contributed by atoms with Gasteiger partial charge in [-0.3, -0.25) is 0 Å². The van der Waals surface area contributed by atoms with Gasteiger partial charge in [0.25, 0.3) is 0 Å². The summed E-state index contributed by atoms with van der Waals surface area (Å²) in [5.74, 6) is 0. The second kappa shape index (κ2) is 5.29. The summed E-state index contributed by atoms with van der Waals surface area (Å²) in [6.45, 7) is 5.76. The Morgan fingerprint density at radius 1 is 1.44 bits per heavy atom. The molecule has 0 aliphatic carbocycles. The highest BCUT2D eigenvalue weighted by molar-refractivity contribution is 5.54. The Hall–Kier alpha value is -1.06. The van der Waals surface area contributed by atoms with Crippen LogP contribution in [0.2, 0.25) is 0 Å². The maximum Gasteiger partial charge on any atom is 0.0569 e. The molecule has 0 bridgehead atoms. The fourth-order valence-corrected chi connectivity index (χ4v) is 2.97. The van der Waals surface area contributed by atoms with Gasteiger partial charge >= 0.3 is 0 Å². The fourth-order valence-electron chi connectivity index (χ4n) is 2.97. The van der Waals surface area contributed by atoms with E-state index in [4.69, 9.17) is 10.5 Å². The van der Waals surface area contributed by atoms with Crippen molar-refractivity contribution < 1.29 is 4.74 Å². The summed E-state index contributed by atoms with van der Waals surface area (Å²) < 4.78 is 5.67. The van der Waals surface area contributed by atoms with Crippen molar-refractivity contribution in [3.05, 3.63) is 29.8 Å². The van der Waals surface area contributed by atoms with E-state index in [1.165, 1.54) is 11.3 Å². The van der Waals surface area contributed by atoms with Crippen LogP contribution in [0.3, 0.4) is 0 Å². The van der Waals surface area contributed by atoms with Crippen molar-refractivity contribution in [2.75, 3.05) is 25.1 Å². The molecule has 0 amide bonds. The molecule has 100 valence electrons. The Bertz CT molecular complexity index is 407. The fraction of sp³-hybridized carbons (Fsp3) is 0.600. The summed E-state index contributed by atoms with van der Waals surface area (Å²) in [6, 6.07) is 8.49. The van der Waals surface area contributed by atoms with Crippen LogP contribution in [0.15, 0.2) is 24.3 Å². The second-order valence-electron chi connectivity index (χ2n) is 5.41. The first-order chi connectivity index (χ1) is 8.59. The lowest BCUT2D eigenvalue weighted by molar-refractivity contribution is -0.00640. The van der Waals surface area contributed by atoms with Crippen LogP contribution >= 0.6 is 0 Å². The Kier molecular flexibility index (Phi) is 3.93. The normalized spacial score (nSPS) is 28.1. The number of hydrogen-bond acceptors (Lipinski definition) is 3. The molecule has 2 rings (SSSR count). The van der Waals surface area contributed by atoms with Crippen LogP contribution in [0.4, 0.5) is 5.69 Å². The van der Waals surface area contributed by atoms with Crippen LogP contribution in [0, 0.1) is 6.92 Å². The zero-order valence-electron chi connectivity index (χ0n) is 11.6. The zero-order valence-corrected chi connectivity index (χ0v) is 11.6. The molecule has 0 saturated carbocycles. The first-order valence-corrected chi connectivity index (χ1v) is 6.70. The number of hydrogen-bond donors (Lipinski definition) is 1. The highest BCUT2D eigenvalue weighted by atomic mass is 16.5. The van der Waals surface area contributed by atoms with Crippen molar-refractivity contribution in [3.63, 3.8) is 0 Å². The maximum absolute atomic E-state index is 6.09. The molecule has 1 saturated heterocycles. The molecule has 1 aliphatic heterocycles. The summed E-state index contributed by atoms with van der Waals surface area (Å²) in [5, 5.41) is 0. The molecular weight excluding hydrogens is 224 g/mol. The van der Waals surface area contributed by atoms with E-state index >= 15 is 0 Å². The van der Waals surface area contributed by atoms with Gasteiger partial charge in [-0.15, -0.1) is 0 Å². The molecule has 3 heteroatoms. The number of para-hydroxylation sites is 1. The minimum Gasteiger partial charge on any atom is -0.378 e. The number of nitrogens with zero attached hydrogens (tertiary/aromatic N) is 1. The lowest BCUT2D eigenvalue weighted by Crippen LogP contribution is -2.57. The van der Waals surface area contributed by atoms with E-state index in [0.29, 0.717) is 6.54 Å². The number of rotatable bonds is 3. The van der Waals surface area contributed by atoms with E-state index in [1.54, 1.807) is 0 Å².